The maximum absolute atomic E-state index is 13.7. The van der Waals surface area contributed by atoms with Crippen LogP contribution in [-0.4, -0.2) is 74.0 Å². The van der Waals surface area contributed by atoms with Crippen LogP contribution >= 0.6 is 23.1 Å². The van der Waals surface area contributed by atoms with Crippen molar-refractivity contribution >= 4 is 54.4 Å². The number of thiazole rings is 1. The number of amides is 1. The second-order valence-electron chi connectivity index (χ2n) is 8.80. The van der Waals surface area contributed by atoms with E-state index in [0.29, 0.717) is 30.3 Å². The maximum Gasteiger partial charge on any atom is 0.260 e. The molecule has 1 aliphatic rings. The van der Waals surface area contributed by atoms with E-state index in [1.165, 1.54) is 11.3 Å². The van der Waals surface area contributed by atoms with Crippen molar-refractivity contribution < 1.29 is 13.2 Å². The van der Waals surface area contributed by atoms with Crippen LogP contribution in [0.2, 0.25) is 0 Å². The Hall–Kier alpha value is -1.98. The molecule has 1 amide bonds. The second kappa shape index (κ2) is 12.0. The summed E-state index contributed by atoms with van der Waals surface area (Å²) in [4.78, 5) is 23.9. The van der Waals surface area contributed by atoms with Gasteiger partial charge in [-0.3, -0.25) is 9.69 Å². The van der Waals surface area contributed by atoms with Crippen molar-refractivity contribution in [1.29, 1.82) is 0 Å². The van der Waals surface area contributed by atoms with Gasteiger partial charge in [-0.1, -0.05) is 31.6 Å². The van der Waals surface area contributed by atoms with Crippen LogP contribution in [-0.2, 0) is 10.0 Å². The molecule has 0 aliphatic carbocycles. The lowest BCUT2D eigenvalue weighted by Gasteiger charge is -2.26. The molecule has 0 unspecified atom stereocenters. The third-order valence-electron chi connectivity index (χ3n) is 6.65. The van der Waals surface area contributed by atoms with E-state index in [4.69, 9.17) is 4.98 Å². The Labute approximate surface area is 222 Å². The molecule has 2 heterocycles. The summed E-state index contributed by atoms with van der Waals surface area (Å²) >= 11 is 3.19. The van der Waals surface area contributed by atoms with Gasteiger partial charge in [-0.25, -0.2) is 13.4 Å². The molecule has 0 bridgehead atoms. The molecular formula is C26H34N4O3S3. The molecule has 4 rings (SSSR count). The van der Waals surface area contributed by atoms with Crippen LogP contribution in [0.25, 0.3) is 10.2 Å². The third kappa shape index (κ3) is 5.94. The maximum atomic E-state index is 13.7. The molecule has 10 heteroatoms. The topological polar surface area (TPSA) is 73.8 Å². The lowest BCUT2D eigenvalue weighted by atomic mass is 10.2. The SMILES string of the molecule is CCN(CC)CCN(C(=O)c1ccc(S(=O)(=O)N2CCCCC2)cc1)c1nc2ccc(SC)cc2s1. The van der Waals surface area contributed by atoms with Crippen molar-refractivity contribution in [3.05, 3.63) is 48.0 Å². The van der Waals surface area contributed by atoms with E-state index in [-0.39, 0.29) is 10.8 Å². The molecule has 1 aromatic heterocycles. The fourth-order valence-electron chi connectivity index (χ4n) is 4.38. The van der Waals surface area contributed by atoms with Gasteiger partial charge >= 0.3 is 0 Å². The van der Waals surface area contributed by atoms with E-state index >= 15 is 0 Å². The van der Waals surface area contributed by atoms with Gasteiger partial charge in [0.2, 0.25) is 10.0 Å². The predicted octanol–water partition coefficient (Wildman–Crippen LogP) is 5.18. The molecule has 0 spiro atoms. The Kier molecular flexibility index (Phi) is 9.05. The fourth-order valence-corrected chi connectivity index (χ4v) is 7.44. The Morgan fingerprint density at radius 1 is 1.03 bits per heavy atom. The number of rotatable bonds is 10. The number of anilines is 1. The lowest BCUT2D eigenvalue weighted by molar-refractivity contribution is 0.0983. The summed E-state index contributed by atoms with van der Waals surface area (Å²) in [5, 5.41) is 0.658. The van der Waals surface area contributed by atoms with Crippen molar-refractivity contribution in [2.24, 2.45) is 0 Å². The highest BCUT2D eigenvalue weighted by Crippen LogP contribution is 2.32. The van der Waals surface area contributed by atoms with E-state index in [0.717, 1.165) is 54.0 Å². The first-order valence-corrected chi connectivity index (χ1v) is 15.9. The van der Waals surface area contributed by atoms with Gasteiger partial charge in [0, 0.05) is 36.6 Å². The standard InChI is InChI=1S/C26H34N4O3S3/c1-4-28(5-2)17-18-30(26-27-23-14-11-21(34-3)19-24(23)35-26)25(31)20-9-12-22(13-10-20)36(32,33)29-15-7-6-8-16-29/h9-14,19H,4-8,15-18H2,1-3H3. The summed E-state index contributed by atoms with van der Waals surface area (Å²) in [7, 11) is -3.54. The zero-order valence-electron chi connectivity index (χ0n) is 21.1. The Balaban J connectivity index is 1.62. The lowest BCUT2D eigenvalue weighted by Crippen LogP contribution is -2.39. The summed E-state index contributed by atoms with van der Waals surface area (Å²) in [6, 6.07) is 12.5. The highest BCUT2D eigenvalue weighted by atomic mass is 32.2. The number of likely N-dealkylation sites (N-methyl/N-ethyl adjacent to an activating group) is 1. The first-order valence-electron chi connectivity index (χ1n) is 12.5. The Bertz CT molecular complexity index is 1280. The number of piperidine rings is 1. The predicted molar refractivity (Wildman–Crippen MR) is 150 cm³/mol. The number of thioether (sulfide) groups is 1. The molecular weight excluding hydrogens is 513 g/mol. The van der Waals surface area contributed by atoms with Gasteiger partial charge in [0.05, 0.1) is 15.1 Å². The average molecular weight is 547 g/mol. The van der Waals surface area contributed by atoms with Crippen LogP contribution < -0.4 is 4.90 Å². The molecule has 3 aromatic rings. The molecule has 1 saturated heterocycles. The minimum atomic E-state index is -3.54. The number of nitrogens with zero attached hydrogens (tertiary/aromatic N) is 4. The molecule has 36 heavy (non-hydrogen) atoms. The molecule has 1 aliphatic heterocycles. The zero-order valence-corrected chi connectivity index (χ0v) is 23.6. The van der Waals surface area contributed by atoms with Gasteiger partial charge in [0.1, 0.15) is 0 Å². The van der Waals surface area contributed by atoms with E-state index < -0.39 is 10.0 Å². The normalized spacial score (nSPS) is 15.0. The highest BCUT2D eigenvalue weighted by Gasteiger charge is 2.27. The number of fused-ring (bicyclic) bond motifs is 1. The molecule has 1 fully saturated rings. The largest absolute Gasteiger partial charge is 0.302 e. The smallest absolute Gasteiger partial charge is 0.260 e. The van der Waals surface area contributed by atoms with Gasteiger partial charge in [0.15, 0.2) is 5.13 Å². The van der Waals surface area contributed by atoms with E-state index in [9.17, 15) is 13.2 Å². The van der Waals surface area contributed by atoms with Crippen molar-refractivity contribution in [1.82, 2.24) is 14.2 Å². The summed E-state index contributed by atoms with van der Waals surface area (Å²) < 4.78 is 28.7. The van der Waals surface area contributed by atoms with Crippen LogP contribution in [0.15, 0.2) is 52.3 Å². The number of hydrogen-bond donors (Lipinski definition) is 0. The van der Waals surface area contributed by atoms with Crippen molar-refractivity contribution in [3.63, 3.8) is 0 Å². The third-order valence-corrected chi connectivity index (χ3v) is 10.3. The molecule has 0 saturated carbocycles. The minimum Gasteiger partial charge on any atom is -0.302 e. The van der Waals surface area contributed by atoms with Gasteiger partial charge in [-0.15, -0.1) is 11.8 Å². The number of carbonyl (C=O) groups is 1. The van der Waals surface area contributed by atoms with Crippen LogP contribution in [0.3, 0.4) is 0 Å². The number of benzene rings is 2. The molecule has 0 N–H and O–H groups in total. The van der Waals surface area contributed by atoms with Gasteiger partial charge in [-0.05, 0) is 74.7 Å². The van der Waals surface area contributed by atoms with E-state index in [2.05, 4.69) is 24.8 Å². The van der Waals surface area contributed by atoms with Gasteiger partial charge < -0.3 is 4.90 Å². The molecule has 0 atom stereocenters. The van der Waals surface area contributed by atoms with Crippen LogP contribution in [0.5, 0.6) is 0 Å². The van der Waals surface area contributed by atoms with Crippen molar-refractivity contribution in [2.45, 2.75) is 42.9 Å². The van der Waals surface area contributed by atoms with E-state index in [1.807, 2.05) is 18.4 Å². The fraction of sp³-hybridized carbons (Fsp3) is 0.462. The van der Waals surface area contributed by atoms with Crippen LogP contribution in [0.4, 0.5) is 5.13 Å². The minimum absolute atomic E-state index is 0.173. The molecule has 7 nitrogen and oxygen atoms in total. The first kappa shape index (κ1) is 27.1. The van der Waals surface area contributed by atoms with Crippen molar-refractivity contribution in [2.75, 3.05) is 50.4 Å². The summed E-state index contributed by atoms with van der Waals surface area (Å²) in [6.07, 6.45) is 4.88. The first-order chi connectivity index (χ1) is 17.4. The Morgan fingerprint density at radius 2 is 1.72 bits per heavy atom. The zero-order chi connectivity index (χ0) is 25.7. The van der Waals surface area contributed by atoms with Gasteiger partial charge in [0.25, 0.3) is 5.91 Å². The average Bonchev–Trinajstić information content (AvgIpc) is 3.34. The van der Waals surface area contributed by atoms with E-state index in [1.54, 1.807) is 45.2 Å². The summed E-state index contributed by atoms with van der Waals surface area (Å²) in [5.41, 5.74) is 1.33. The highest BCUT2D eigenvalue weighted by molar-refractivity contribution is 7.98. The Morgan fingerprint density at radius 3 is 2.36 bits per heavy atom. The van der Waals surface area contributed by atoms with Gasteiger partial charge in [-0.2, -0.15) is 4.31 Å². The molecule has 194 valence electrons. The number of sulfonamides is 1. The molecule has 0 radical (unpaired) electrons. The van der Waals surface area contributed by atoms with Crippen molar-refractivity contribution in [3.8, 4) is 0 Å². The number of carbonyl (C=O) groups excluding carboxylic acids is 1. The van der Waals surface area contributed by atoms with Crippen LogP contribution in [0, 0.1) is 0 Å². The summed E-state index contributed by atoms with van der Waals surface area (Å²) in [6.45, 7) is 8.36. The monoisotopic (exact) mass is 546 g/mol. The number of aromatic nitrogens is 1. The second-order valence-corrected chi connectivity index (χ2v) is 12.6. The van der Waals surface area contributed by atoms with Crippen LogP contribution in [0.1, 0.15) is 43.5 Å². The number of hydrogen-bond acceptors (Lipinski definition) is 7. The summed E-state index contributed by atoms with van der Waals surface area (Å²) in [5.74, 6) is -0.173. The molecule has 2 aromatic carbocycles. The quantitative estimate of drug-likeness (QED) is 0.326.